The van der Waals surface area contributed by atoms with Gasteiger partial charge in [0, 0.05) is 6.04 Å². The molecule has 3 N–H and O–H groups in total. The van der Waals surface area contributed by atoms with E-state index in [1.807, 2.05) is 13.8 Å². The van der Waals surface area contributed by atoms with Gasteiger partial charge < -0.3 is 5.73 Å². The van der Waals surface area contributed by atoms with E-state index in [0.717, 1.165) is 11.8 Å². The summed E-state index contributed by atoms with van der Waals surface area (Å²) in [5, 5.41) is 6.99. The van der Waals surface area contributed by atoms with Gasteiger partial charge in [-0.25, -0.2) is 9.89 Å². The van der Waals surface area contributed by atoms with E-state index in [4.69, 9.17) is 17.3 Å². The molecule has 0 atom stereocenters. The first kappa shape index (κ1) is 12.8. The second kappa shape index (κ2) is 4.94. The molecule has 0 saturated heterocycles. The summed E-state index contributed by atoms with van der Waals surface area (Å²) in [6.07, 6.45) is 0. The van der Waals surface area contributed by atoms with Crippen LogP contribution in [0.15, 0.2) is 15.1 Å². The molecule has 10 heteroatoms. The van der Waals surface area contributed by atoms with Crippen LogP contribution in [0.5, 0.6) is 0 Å². The summed E-state index contributed by atoms with van der Waals surface area (Å²) in [5.41, 5.74) is 5.17. The number of rotatable bonds is 3. The van der Waals surface area contributed by atoms with Crippen molar-refractivity contribution in [2.24, 2.45) is 0 Å². The number of H-pyrrole nitrogens is 1. The van der Waals surface area contributed by atoms with Gasteiger partial charge in [0.1, 0.15) is 0 Å². The van der Waals surface area contributed by atoms with Crippen molar-refractivity contribution in [1.29, 1.82) is 0 Å². The topological polar surface area (TPSA) is 115 Å². The number of aromatic nitrogens is 6. The molecule has 18 heavy (non-hydrogen) atoms. The molecule has 2 rings (SSSR count). The Morgan fingerprint density at radius 1 is 1.39 bits per heavy atom. The predicted octanol–water partition coefficient (Wildman–Crippen LogP) is 0.724. The maximum absolute atomic E-state index is 11.5. The minimum absolute atomic E-state index is 0.000945. The van der Waals surface area contributed by atoms with Crippen molar-refractivity contribution >= 4 is 29.3 Å². The highest BCUT2D eigenvalue weighted by Gasteiger charge is 2.15. The maximum atomic E-state index is 11.5. The Morgan fingerprint density at radius 2 is 2.11 bits per heavy atom. The first-order valence-electron chi connectivity index (χ1n) is 4.99. The molecular formula is C8H10ClN7OS. The lowest BCUT2D eigenvalue weighted by atomic mass is 10.4. The van der Waals surface area contributed by atoms with Gasteiger partial charge in [0.2, 0.25) is 16.4 Å². The quantitative estimate of drug-likeness (QED) is 0.854. The number of hydrogen-bond acceptors (Lipinski definition) is 7. The average molecular weight is 288 g/mol. The van der Waals surface area contributed by atoms with Gasteiger partial charge in [0.25, 0.3) is 0 Å². The Balaban J connectivity index is 2.37. The highest BCUT2D eigenvalue weighted by Crippen LogP contribution is 2.24. The van der Waals surface area contributed by atoms with E-state index in [9.17, 15) is 4.79 Å². The maximum Gasteiger partial charge on any atom is 0.344 e. The molecule has 0 aliphatic rings. The molecule has 0 saturated carbocycles. The number of nitrogen functional groups attached to an aromatic ring is 1. The number of anilines is 1. The van der Waals surface area contributed by atoms with Crippen LogP contribution in [0.2, 0.25) is 5.28 Å². The van der Waals surface area contributed by atoms with E-state index in [2.05, 4.69) is 25.1 Å². The number of aromatic amines is 1. The van der Waals surface area contributed by atoms with Gasteiger partial charge in [-0.2, -0.15) is 15.0 Å². The van der Waals surface area contributed by atoms with E-state index < -0.39 is 0 Å². The summed E-state index contributed by atoms with van der Waals surface area (Å²) in [6.45, 7) is 3.74. The van der Waals surface area contributed by atoms with Crippen molar-refractivity contribution in [3.8, 4) is 0 Å². The van der Waals surface area contributed by atoms with Gasteiger partial charge in [0.05, 0.1) is 0 Å². The third kappa shape index (κ3) is 2.62. The van der Waals surface area contributed by atoms with Crippen LogP contribution in [0.3, 0.4) is 0 Å². The Kier molecular flexibility index (Phi) is 3.53. The fourth-order valence-corrected chi connectivity index (χ4v) is 2.43. The van der Waals surface area contributed by atoms with Crippen molar-refractivity contribution in [1.82, 2.24) is 29.7 Å². The molecule has 0 fully saturated rings. The summed E-state index contributed by atoms with van der Waals surface area (Å²) >= 11 is 6.76. The SMILES string of the molecule is CC(C)n1c(Sc2nc(N)nc(Cl)n2)n[nH]c1=O. The zero-order chi connectivity index (χ0) is 13.3. The number of halogens is 1. The van der Waals surface area contributed by atoms with Crippen LogP contribution >= 0.6 is 23.4 Å². The van der Waals surface area contributed by atoms with Crippen molar-refractivity contribution < 1.29 is 0 Å². The van der Waals surface area contributed by atoms with Gasteiger partial charge in [-0.05, 0) is 37.2 Å². The van der Waals surface area contributed by atoms with Gasteiger partial charge >= 0.3 is 5.69 Å². The second-order valence-corrected chi connectivity index (χ2v) is 4.89. The first-order valence-corrected chi connectivity index (χ1v) is 6.18. The van der Waals surface area contributed by atoms with Crippen LogP contribution in [0, 0.1) is 0 Å². The molecule has 2 aromatic rings. The lowest BCUT2D eigenvalue weighted by Crippen LogP contribution is -2.19. The van der Waals surface area contributed by atoms with Crippen LogP contribution in [-0.2, 0) is 0 Å². The molecule has 0 amide bonds. The third-order valence-corrected chi connectivity index (χ3v) is 2.98. The lowest BCUT2D eigenvalue weighted by Gasteiger charge is -2.07. The number of nitrogens with two attached hydrogens (primary N) is 1. The van der Waals surface area contributed by atoms with Crippen LogP contribution in [0.4, 0.5) is 5.95 Å². The summed E-state index contributed by atoms with van der Waals surface area (Å²) in [5.74, 6) is 0.0199. The van der Waals surface area contributed by atoms with Gasteiger partial charge in [-0.3, -0.25) is 4.57 Å². The van der Waals surface area contributed by atoms with E-state index in [1.165, 1.54) is 4.57 Å². The normalized spacial score (nSPS) is 11.1. The molecule has 0 unspecified atom stereocenters. The number of nitrogens with one attached hydrogen (secondary N) is 1. The molecule has 0 bridgehead atoms. The largest absolute Gasteiger partial charge is 0.368 e. The van der Waals surface area contributed by atoms with E-state index in [-0.39, 0.29) is 28.1 Å². The van der Waals surface area contributed by atoms with E-state index >= 15 is 0 Å². The van der Waals surface area contributed by atoms with Crippen LogP contribution in [0.25, 0.3) is 0 Å². The Hall–Kier alpha value is -1.61. The average Bonchev–Trinajstić information content (AvgIpc) is 2.57. The zero-order valence-electron chi connectivity index (χ0n) is 9.59. The smallest absolute Gasteiger partial charge is 0.344 e. The summed E-state index contributed by atoms with van der Waals surface area (Å²) in [6, 6.07) is -0.0339. The third-order valence-electron chi connectivity index (χ3n) is 1.98. The van der Waals surface area contributed by atoms with Gasteiger partial charge in [-0.15, -0.1) is 5.10 Å². The fraction of sp³-hybridized carbons (Fsp3) is 0.375. The van der Waals surface area contributed by atoms with Crippen molar-refractivity contribution in [3.05, 3.63) is 15.8 Å². The Bertz CT molecular complexity index is 602. The molecule has 0 aliphatic carbocycles. The molecule has 2 heterocycles. The lowest BCUT2D eigenvalue weighted by molar-refractivity contribution is 0.533. The summed E-state index contributed by atoms with van der Waals surface area (Å²) in [7, 11) is 0. The molecule has 0 spiro atoms. The van der Waals surface area contributed by atoms with Gasteiger partial charge in [0.15, 0.2) is 5.16 Å². The minimum Gasteiger partial charge on any atom is -0.368 e. The van der Waals surface area contributed by atoms with Crippen molar-refractivity contribution in [2.45, 2.75) is 30.2 Å². The van der Waals surface area contributed by atoms with E-state index in [1.54, 1.807) is 0 Å². The molecule has 96 valence electrons. The molecule has 8 nitrogen and oxygen atoms in total. The molecule has 0 radical (unpaired) electrons. The van der Waals surface area contributed by atoms with Crippen LogP contribution in [-0.4, -0.2) is 29.7 Å². The fourth-order valence-electron chi connectivity index (χ4n) is 1.29. The van der Waals surface area contributed by atoms with E-state index in [0.29, 0.717) is 5.16 Å². The number of nitrogens with zero attached hydrogens (tertiary/aromatic N) is 5. The predicted molar refractivity (Wildman–Crippen MR) is 66.6 cm³/mol. The standard InChI is InChI=1S/C8H10ClN7OS/c1-3(2)16-7(17)14-15-8(16)18-6-12-4(9)11-5(10)13-6/h3H,1-2H3,(H,14,17)(H2,10,11,12,13). The highest BCUT2D eigenvalue weighted by atomic mass is 35.5. The monoisotopic (exact) mass is 287 g/mol. The molecule has 2 aromatic heterocycles. The van der Waals surface area contributed by atoms with Crippen LogP contribution < -0.4 is 11.4 Å². The Morgan fingerprint density at radius 3 is 2.72 bits per heavy atom. The van der Waals surface area contributed by atoms with Crippen molar-refractivity contribution in [3.63, 3.8) is 0 Å². The molecule has 0 aromatic carbocycles. The first-order chi connectivity index (χ1) is 8.47. The summed E-state index contributed by atoms with van der Waals surface area (Å²) < 4.78 is 1.48. The van der Waals surface area contributed by atoms with Crippen molar-refractivity contribution in [2.75, 3.05) is 5.73 Å². The minimum atomic E-state index is -0.291. The summed E-state index contributed by atoms with van der Waals surface area (Å²) in [4.78, 5) is 23.0. The van der Waals surface area contributed by atoms with Gasteiger partial charge in [-0.1, -0.05) is 0 Å². The Labute approximate surface area is 111 Å². The second-order valence-electron chi connectivity index (χ2n) is 3.62. The van der Waals surface area contributed by atoms with Crippen LogP contribution in [0.1, 0.15) is 19.9 Å². The highest BCUT2D eigenvalue weighted by molar-refractivity contribution is 7.99. The number of hydrogen-bond donors (Lipinski definition) is 2. The molecular weight excluding hydrogens is 278 g/mol. The zero-order valence-corrected chi connectivity index (χ0v) is 11.2. The molecule has 0 aliphatic heterocycles.